The van der Waals surface area contributed by atoms with Crippen LogP contribution < -0.4 is 5.32 Å². The van der Waals surface area contributed by atoms with Crippen LogP contribution in [-0.2, 0) is 0 Å². The lowest BCUT2D eigenvalue weighted by Gasteiger charge is -2.28. The Morgan fingerprint density at radius 1 is 1.50 bits per heavy atom. The Morgan fingerprint density at radius 3 is 2.89 bits per heavy atom. The fourth-order valence-electron chi connectivity index (χ4n) is 1.75. The van der Waals surface area contributed by atoms with Gasteiger partial charge < -0.3 is 5.32 Å². The number of rotatable bonds is 5. The van der Waals surface area contributed by atoms with Crippen molar-refractivity contribution in [3.63, 3.8) is 0 Å². The molecule has 1 atom stereocenters. The van der Waals surface area contributed by atoms with Crippen molar-refractivity contribution >= 4 is 49.6 Å². The van der Waals surface area contributed by atoms with Crippen LogP contribution in [0.1, 0.15) is 36.4 Å². The number of hydrogen-bond donors (Lipinski definition) is 1. The van der Waals surface area contributed by atoms with E-state index < -0.39 is 0 Å². The highest BCUT2D eigenvalue weighted by molar-refractivity contribution is 7.27. The van der Waals surface area contributed by atoms with Crippen molar-refractivity contribution in [3.05, 3.63) is 22.4 Å². The minimum atomic E-state index is -0.212. The molecule has 0 aromatic carbocycles. The Kier molecular flexibility index (Phi) is 4.30. The third-order valence-corrected chi connectivity index (χ3v) is 5.49. The van der Waals surface area contributed by atoms with Crippen molar-refractivity contribution in [2.24, 2.45) is 0 Å². The average Bonchev–Trinajstić information content (AvgIpc) is 2.89. The van der Waals surface area contributed by atoms with Gasteiger partial charge in [0.15, 0.2) is 0 Å². The standard InChI is InChI=1S/C13H16ClNOS2/c1-3-13(2,5-6-14)15-12(16)11-8-10-9(18-11)4-7-17-10/h4,7-8H,3,5-6H2,1-2H3,(H,15,16). The summed E-state index contributed by atoms with van der Waals surface area (Å²) < 4.78 is 2.36. The molecule has 0 radical (unpaired) electrons. The summed E-state index contributed by atoms with van der Waals surface area (Å²) in [6.45, 7) is 4.11. The molecule has 5 heteroatoms. The van der Waals surface area contributed by atoms with Crippen LogP contribution in [0.2, 0.25) is 0 Å². The monoisotopic (exact) mass is 301 g/mol. The normalized spacial score (nSPS) is 14.6. The van der Waals surface area contributed by atoms with Crippen molar-refractivity contribution in [3.8, 4) is 0 Å². The first-order valence-electron chi connectivity index (χ1n) is 5.93. The maximum Gasteiger partial charge on any atom is 0.261 e. The zero-order chi connectivity index (χ0) is 13.2. The van der Waals surface area contributed by atoms with Gasteiger partial charge in [-0.05, 0) is 37.3 Å². The summed E-state index contributed by atoms with van der Waals surface area (Å²) in [7, 11) is 0. The fourth-order valence-corrected chi connectivity index (χ4v) is 4.17. The van der Waals surface area contributed by atoms with Gasteiger partial charge in [-0.2, -0.15) is 0 Å². The predicted octanol–water partition coefficient (Wildman–Crippen LogP) is 4.49. The van der Waals surface area contributed by atoms with Crippen molar-refractivity contribution < 1.29 is 4.79 Å². The first-order chi connectivity index (χ1) is 8.58. The zero-order valence-electron chi connectivity index (χ0n) is 10.5. The molecular weight excluding hydrogens is 286 g/mol. The summed E-state index contributed by atoms with van der Waals surface area (Å²) in [5.74, 6) is 0.572. The Bertz CT molecular complexity index is 519. The van der Waals surface area contributed by atoms with Crippen LogP contribution in [0.15, 0.2) is 17.5 Å². The first-order valence-corrected chi connectivity index (χ1v) is 8.16. The van der Waals surface area contributed by atoms with Gasteiger partial charge in [0, 0.05) is 20.8 Å². The van der Waals surface area contributed by atoms with Gasteiger partial charge in [-0.25, -0.2) is 0 Å². The molecule has 1 N–H and O–H groups in total. The molecule has 0 fully saturated rings. The number of amides is 1. The van der Waals surface area contributed by atoms with Crippen LogP contribution in [0.5, 0.6) is 0 Å². The minimum Gasteiger partial charge on any atom is -0.346 e. The van der Waals surface area contributed by atoms with E-state index >= 15 is 0 Å². The summed E-state index contributed by atoms with van der Waals surface area (Å²) in [6, 6.07) is 4.02. The number of hydrogen-bond acceptors (Lipinski definition) is 3. The molecule has 2 rings (SSSR count). The second-order valence-corrected chi connectivity index (χ2v) is 6.98. The maximum atomic E-state index is 12.2. The molecule has 2 heterocycles. The second kappa shape index (κ2) is 5.59. The SMILES string of the molecule is CCC(C)(CCCl)NC(=O)c1cc2sccc2s1. The molecule has 0 spiro atoms. The van der Waals surface area contributed by atoms with E-state index in [1.165, 1.54) is 9.40 Å². The number of halogens is 1. The topological polar surface area (TPSA) is 29.1 Å². The van der Waals surface area contributed by atoms with E-state index in [2.05, 4.69) is 18.3 Å². The van der Waals surface area contributed by atoms with Crippen LogP contribution in [0.3, 0.4) is 0 Å². The van der Waals surface area contributed by atoms with Crippen molar-refractivity contribution in [2.75, 3.05) is 5.88 Å². The molecule has 2 aromatic heterocycles. The largest absolute Gasteiger partial charge is 0.346 e. The summed E-state index contributed by atoms with van der Waals surface area (Å²) in [5.41, 5.74) is -0.212. The number of nitrogens with one attached hydrogen (secondary N) is 1. The van der Waals surface area contributed by atoms with Gasteiger partial charge >= 0.3 is 0 Å². The molecule has 1 amide bonds. The third-order valence-electron chi connectivity index (χ3n) is 3.21. The van der Waals surface area contributed by atoms with Crippen LogP contribution in [0.4, 0.5) is 0 Å². The Balaban J connectivity index is 2.14. The lowest BCUT2D eigenvalue weighted by molar-refractivity contribution is 0.0906. The summed E-state index contributed by atoms with van der Waals surface area (Å²) in [5, 5.41) is 5.15. The van der Waals surface area contributed by atoms with Gasteiger partial charge in [-0.15, -0.1) is 34.3 Å². The van der Waals surface area contributed by atoms with E-state index in [-0.39, 0.29) is 11.4 Å². The van der Waals surface area contributed by atoms with Gasteiger partial charge in [-0.3, -0.25) is 4.79 Å². The fraction of sp³-hybridized carbons (Fsp3) is 0.462. The smallest absolute Gasteiger partial charge is 0.261 e. The van der Waals surface area contributed by atoms with Gasteiger partial charge in [0.05, 0.1) is 4.88 Å². The molecule has 0 bridgehead atoms. The second-order valence-electron chi connectivity index (χ2n) is 4.57. The lowest BCUT2D eigenvalue weighted by atomic mass is 9.95. The van der Waals surface area contributed by atoms with E-state index in [1.54, 1.807) is 22.7 Å². The van der Waals surface area contributed by atoms with Crippen molar-refractivity contribution in [1.29, 1.82) is 0 Å². The molecule has 1 unspecified atom stereocenters. The van der Waals surface area contributed by atoms with E-state index in [1.807, 2.05) is 18.4 Å². The number of carbonyl (C=O) groups excluding carboxylic acids is 1. The molecule has 0 aliphatic rings. The number of carbonyl (C=O) groups is 1. The molecular formula is C13H16ClNOS2. The third kappa shape index (κ3) is 2.87. The van der Waals surface area contributed by atoms with Gasteiger partial charge in [0.1, 0.15) is 0 Å². The highest BCUT2D eigenvalue weighted by Crippen LogP contribution is 2.30. The summed E-state index contributed by atoms with van der Waals surface area (Å²) >= 11 is 9.01. The zero-order valence-corrected chi connectivity index (χ0v) is 12.8. The Labute approximate surface area is 120 Å². The van der Waals surface area contributed by atoms with Crippen molar-refractivity contribution in [2.45, 2.75) is 32.2 Å². The van der Waals surface area contributed by atoms with Gasteiger partial charge in [0.25, 0.3) is 5.91 Å². The molecule has 2 aromatic rings. The molecule has 18 heavy (non-hydrogen) atoms. The molecule has 0 saturated carbocycles. The molecule has 0 saturated heterocycles. The predicted molar refractivity (Wildman–Crippen MR) is 81.2 cm³/mol. The van der Waals surface area contributed by atoms with Crippen LogP contribution in [0, 0.1) is 0 Å². The maximum absolute atomic E-state index is 12.2. The van der Waals surface area contributed by atoms with Crippen LogP contribution in [-0.4, -0.2) is 17.3 Å². The number of fused-ring (bicyclic) bond motifs is 1. The Hall–Kier alpha value is -0.580. The summed E-state index contributed by atoms with van der Waals surface area (Å²) in [6.07, 6.45) is 1.67. The Morgan fingerprint density at radius 2 is 2.28 bits per heavy atom. The van der Waals surface area contributed by atoms with Gasteiger partial charge in [-0.1, -0.05) is 6.92 Å². The molecule has 0 aliphatic carbocycles. The summed E-state index contributed by atoms with van der Waals surface area (Å²) in [4.78, 5) is 13.0. The average molecular weight is 302 g/mol. The molecule has 0 aliphatic heterocycles. The molecule has 98 valence electrons. The highest BCUT2D eigenvalue weighted by atomic mass is 35.5. The molecule has 2 nitrogen and oxygen atoms in total. The van der Waals surface area contributed by atoms with Crippen LogP contribution >= 0.6 is 34.3 Å². The highest BCUT2D eigenvalue weighted by Gasteiger charge is 2.25. The van der Waals surface area contributed by atoms with Crippen LogP contribution in [0.25, 0.3) is 9.40 Å². The van der Waals surface area contributed by atoms with E-state index in [9.17, 15) is 4.79 Å². The quantitative estimate of drug-likeness (QED) is 0.810. The lowest BCUT2D eigenvalue weighted by Crippen LogP contribution is -2.45. The van der Waals surface area contributed by atoms with E-state index in [0.29, 0.717) is 5.88 Å². The first kappa shape index (κ1) is 13.8. The van der Waals surface area contributed by atoms with Gasteiger partial charge in [0.2, 0.25) is 0 Å². The minimum absolute atomic E-state index is 0.0119. The van der Waals surface area contributed by atoms with Crippen molar-refractivity contribution in [1.82, 2.24) is 5.32 Å². The number of thiophene rings is 2. The van der Waals surface area contributed by atoms with E-state index in [4.69, 9.17) is 11.6 Å². The number of alkyl halides is 1. The van der Waals surface area contributed by atoms with E-state index in [0.717, 1.165) is 17.7 Å².